The van der Waals surface area contributed by atoms with Gasteiger partial charge in [-0.15, -0.1) is 0 Å². The smallest absolute Gasteiger partial charge is 0.163 e. The van der Waals surface area contributed by atoms with Gasteiger partial charge in [-0.2, -0.15) is 0 Å². The van der Waals surface area contributed by atoms with Crippen LogP contribution in [0.25, 0.3) is 0 Å². The Kier molecular flexibility index (Phi) is 3.64. The molecule has 3 nitrogen and oxygen atoms in total. The second-order valence-electron chi connectivity index (χ2n) is 6.99. The van der Waals surface area contributed by atoms with E-state index in [-0.39, 0.29) is 11.8 Å². The number of anilines is 2. The maximum atomic E-state index is 12.9. The predicted octanol–water partition coefficient (Wildman–Crippen LogP) is 4.83. The molecule has 3 heteroatoms. The lowest BCUT2D eigenvalue weighted by Crippen LogP contribution is -2.26. The molecule has 4 rings (SSSR count). The monoisotopic (exact) mass is 318 g/mol. The molecular formula is C21H22N2O. The molecule has 0 saturated carbocycles. The van der Waals surface area contributed by atoms with Gasteiger partial charge in [0.25, 0.3) is 0 Å². The van der Waals surface area contributed by atoms with Crippen LogP contribution in [0.3, 0.4) is 0 Å². The molecule has 24 heavy (non-hydrogen) atoms. The lowest BCUT2D eigenvalue weighted by atomic mass is 9.82. The summed E-state index contributed by atoms with van der Waals surface area (Å²) in [4.78, 5) is 12.9. The molecule has 1 aliphatic heterocycles. The Morgan fingerprint density at radius 3 is 2.42 bits per heavy atom. The number of carbonyl (C=O) groups is 1. The fraction of sp³-hybridized carbons (Fsp3) is 0.286. The summed E-state index contributed by atoms with van der Waals surface area (Å²) < 4.78 is 0. The minimum Gasteiger partial charge on any atom is -0.372 e. The van der Waals surface area contributed by atoms with Crippen LogP contribution in [0.5, 0.6) is 0 Å². The first-order valence-electron chi connectivity index (χ1n) is 8.57. The maximum absolute atomic E-state index is 12.9. The summed E-state index contributed by atoms with van der Waals surface area (Å²) >= 11 is 0. The standard InChI is InChI=1S/C21H22N2O/c1-13-7-9-15(10-8-13)21-20-18(11-14(2)12-19(20)24)22-16-5-3-4-6-17(16)23-21/h3-10,14,21-23H,11-12H2,1-2H3/t14-,21+/m0/s1. The predicted molar refractivity (Wildman–Crippen MR) is 98.0 cm³/mol. The summed E-state index contributed by atoms with van der Waals surface area (Å²) in [5, 5.41) is 7.13. The number of Topliss-reactive ketones (excluding diaryl/α,β-unsaturated/α-hetero) is 1. The van der Waals surface area contributed by atoms with E-state index < -0.39 is 0 Å². The number of nitrogens with one attached hydrogen (secondary N) is 2. The Morgan fingerprint density at radius 1 is 0.958 bits per heavy atom. The van der Waals surface area contributed by atoms with Crippen LogP contribution in [-0.2, 0) is 4.79 Å². The van der Waals surface area contributed by atoms with Crippen LogP contribution in [0.1, 0.15) is 36.9 Å². The van der Waals surface area contributed by atoms with Crippen molar-refractivity contribution in [1.82, 2.24) is 0 Å². The van der Waals surface area contributed by atoms with Gasteiger partial charge in [0, 0.05) is 17.7 Å². The quantitative estimate of drug-likeness (QED) is 0.791. The average molecular weight is 318 g/mol. The summed E-state index contributed by atoms with van der Waals surface area (Å²) in [6, 6.07) is 16.5. The number of ketones is 1. The number of hydrogen-bond donors (Lipinski definition) is 2. The third-order valence-corrected chi connectivity index (χ3v) is 4.92. The number of allylic oxidation sites excluding steroid dienone is 1. The molecule has 2 aromatic rings. The van der Waals surface area contributed by atoms with Crippen LogP contribution >= 0.6 is 0 Å². The first-order chi connectivity index (χ1) is 11.6. The van der Waals surface area contributed by atoms with Gasteiger partial charge in [0.1, 0.15) is 0 Å². The molecule has 2 atom stereocenters. The van der Waals surface area contributed by atoms with Crippen LogP contribution < -0.4 is 10.6 Å². The Labute approximate surface area is 142 Å². The van der Waals surface area contributed by atoms with Crippen molar-refractivity contribution < 1.29 is 4.79 Å². The summed E-state index contributed by atoms with van der Waals surface area (Å²) in [5.41, 5.74) is 6.41. The highest BCUT2D eigenvalue weighted by Crippen LogP contribution is 2.41. The summed E-state index contributed by atoms with van der Waals surface area (Å²) in [6.07, 6.45) is 1.54. The molecule has 0 amide bonds. The third-order valence-electron chi connectivity index (χ3n) is 4.92. The van der Waals surface area contributed by atoms with Crippen molar-refractivity contribution in [2.75, 3.05) is 10.6 Å². The van der Waals surface area contributed by atoms with Gasteiger partial charge in [0.2, 0.25) is 0 Å². The van der Waals surface area contributed by atoms with E-state index in [1.54, 1.807) is 0 Å². The molecule has 2 aromatic carbocycles. The Bertz CT molecular complexity index is 820. The van der Waals surface area contributed by atoms with E-state index in [1.807, 2.05) is 12.1 Å². The first kappa shape index (κ1) is 15.0. The van der Waals surface area contributed by atoms with E-state index >= 15 is 0 Å². The third kappa shape index (κ3) is 2.60. The fourth-order valence-electron chi connectivity index (χ4n) is 3.70. The van der Waals surface area contributed by atoms with Gasteiger partial charge in [0.05, 0.1) is 17.4 Å². The molecule has 0 saturated heterocycles. The van der Waals surface area contributed by atoms with E-state index in [0.717, 1.165) is 34.6 Å². The van der Waals surface area contributed by atoms with Gasteiger partial charge in [-0.1, -0.05) is 48.9 Å². The van der Waals surface area contributed by atoms with Crippen molar-refractivity contribution in [3.05, 3.63) is 70.9 Å². The fourth-order valence-corrected chi connectivity index (χ4v) is 3.70. The molecule has 2 N–H and O–H groups in total. The van der Waals surface area contributed by atoms with E-state index in [9.17, 15) is 4.79 Å². The molecular weight excluding hydrogens is 296 g/mol. The average Bonchev–Trinajstić information content (AvgIpc) is 2.72. The molecule has 0 fully saturated rings. The van der Waals surface area contributed by atoms with Crippen molar-refractivity contribution in [2.24, 2.45) is 5.92 Å². The second kappa shape index (κ2) is 5.82. The van der Waals surface area contributed by atoms with E-state index in [0.29, 0.717) is 12.3 Å². The number of fused-ring (bicyclic) bond motifs is 1. The Morgan fingerprint density at radius 2 is 1.67 bits per heavy atom. The minimum atomic E-state index is -0.100. The van der Waals surface area contributed by atoms with Crippen LogP contribution in [0.2, 0.25) is 0 Å². The van der Waals surface area contributed by atoms with Gasteiger partial charge in [0.15, 0.2) is 5.78 Å². The molecule has 0 unspecified atom stereocenters. The first-order valence-corrected chi connectivity index (χ1v) is 8.57. The SMILES string of the molecule is Cc1ccc([C@H]2Nc3ccccc3NC3=C2C(=O)C[C@@H](C)C3)cc1. The zero-order valence-corrected chi connectivity index (χ0v) is 14.1. The zero-order chi connectivity index (χ0) is 16.7. The second-order valence-corrected chi connectivity index (χ2v) is 6.99. The van der Waals surface area contributed by atoms with Crippen molar-refractivity contribution in [1.29, 1.82) is 0 Å². The molecule has 0 radical (unpaired) electrons. The number of rotatable bonds is 1. The van der Waals surface area contributed by atoms with Gasteiger partial charge >= 0.3 is 0 Å². The van der Waals surface area contributed by atoms with Crippen molar-refractivity contribution >= 4 is 17.2 Å². The van der Waals surface area contributed by atoms with Crippen molar-refractivity contribution in [3.8, 4) is 0 Å². The van der Waals surface area contributed by atoms with Gasteiger partial charge in [-0.05, 0) is 37.0 Å². The molecule has 1 heterocycles. The van der Waals surface area contributed by atoms with Gasteiger partial charge in [-0.3, -0.25) is 4.79 Å². The summed E-state index contributed by atoms with van der Waals surface area (Å²) in [6.45, 7) is 4.23. The molecule has 1 aliphatic carbocycles. The van der Waals surface area contributed by atoms with Gasteiger partial charge < -0.3 is 10.6 Å². The number of para-hydroxylation sites is 2. The van der Waals surface area contributed by atoms with Crippen molar-refractivity contribution in [3.63, 3.8) is 0 Å². The van der Waals surface area contributed by atoms with E-state index in [4.69, 9.17) is 0 Å². The largest absolute Gasteiger partial charge is 0.372 e. The lowest BCUT2D eigenvalue weighted by molar-refractivity contribution is -0.117. The van der Waals surface area contributed by atoms with Crippen LogP contribution in [-0.4, -0.2) is 5.78 Å². The van der Waals surface area contributed by atoms with Gasteiger partial charge in [-0.25, -0.2) is 0 Å². The van der Waals surface area contributed by atoms with Crippen LogP contribution in [0.4, 0.5) is 11.4 Å². The number of benzene rings is 2. The topological polar surface area (TPSA) is 41.1 Å². The number of carbonyl (C=O) groups excluding carboxylic acids is 1. The highest BCUT2D eigenvalue weighted by molar-refractivity contribution is 6.00. The van der Waals surface area contributed by atoms with E-state index in [1.165, 1.54) is 5.56 Å². The van der Waals surface area contributed by atoms with Crippen LogP contribution in [0, 0.1) is 12.8 Å². The Balaban J connectivity index is 1.87. The normalized spacial score (nSPS) is 22.8. The number of aryl methyl sites for hydroxylation is 1. The lowest BCUT2D eigenvalue weighted by Gasteiger charge is -2.28. The molecule has 122 valence electrons. The van der Waals surface area contributed by atoms with E-state index in [2.05, 4.69) is 60.9 Å². The Hall–Kier alpha value is -2.55. The highest BCUT2D eigenvalue weighted by atomic mass is 16.1. The molecule has 0 bridgehead atoms. The zero-order valence-electron chi connectivity index (χ0n) is 14.1. The summed E-state index contributed by atoms with van der Waals surface area (Å²) in [7, 11) is 0. The van der Waals surface area contributed by atoms with Crippen LogP contribution in [0.15, 0.2) is 59.8 Å². The highest BCUT2D eigenvalue weighted by Gasteiger charge is 2.34. The number of hydrogen-bond acceptors (Lipinski definition) is 3. The summed E-state index contributed by atoms with van der Waals surface area (Å²) in [5.74, 6) is 0.634. The minimum absolute atomic E-state index is 0.100. The van der Waals surface area contributed by atoms with Crippen molar-refractivity contribution in [2.45, 2.75) is 32.7 Å². The molecule has 2 aliphatic rings. The molecule has 0 aromatic heterocycles. The molecule has 0 spiro atoms. The maximum Gasteiger partial charge on any atom is 0.163 e.